The lowest BCUT2D eigenvalue weighted by Gasteiger charge is -2.13. The fraction of sp³-hybridized carbons (Fsp3) is 0.500. The van der Waals surface area contributed by atoms with Crippen molar-refractivity contribution in [2.45, 2.75) is 18.8 Å². The van der Waals surface area contributed by atoms with E-state index in [4.69, 9.17) is 0 Å². The first-order valence-electron chi connectivity index (χ1n) is 5.54. The second-order valence-corrected chi connectivity index (χ2v) is 5.16. The van der Waals surface area contributed by atoms with Crippen LogP contribution in [-0.2, 0) is 6.54 Å². The zero-order valence-electron chi connectivity index (χ0n) is 9.43. The van der Waals surface area contributed by atoms with Crippen molar-refractivity contribution in [1.82, 2.24) is 19.5 Å². The van der Waals surface area contributed by atoms with Gasteiger partial charge in [0.05, 0.1) is 17.9 Å². The van der Waals surface area contributed by atoms with Crippen molar-refractivity contribution in [2.75, 3.05) is 13.1 Å². The molecule has 1 aliphatic heterocycles. The van der Waals surface area contributed by atoms with Gasteiger partial charge < -0.3 is 10.2 Å². The first-order chi connectivity index (χ1) is 8.63. The maximum Gasteiger partial charge on any atom is 0.275 e. The number of likely N-dealkylation sites (tertiary alicyclic amines) is 1. The summed E-state index contributed by atoms with van der Waals surface area (Å²) in [5.41, 5.74) is 1.98. The van der Waals surface area contributed by atoms with E-state index in [0.29, 0.717) is 30.3 Å². The number of aliphatic hydroxyl groups excluding tert-OH is 2. The highest BCUT2D eigenvalue weighted by Crippen LogP contribution is 2.13. The quantitative estimate of drug-likeness (QED) is 0.702. The van der Waals surface area contributed by atoms with Crippen LogP contribution in [0.15, 0.2) is 16.4 Å². The average Bonchev–Trinajstić information content (AvgIpc) is 2.87. The van der Waals surface area contributed by atoms with E-state index in [1.165, 1.54) is 21.9 Å². The van der Waals surface area contributed by atoms with Crippen molar-refractivity contribution < 1.29 is 10.2 Å². The van der Waals surface area contributed by atoms with Crippen molar-refractivity contribution in [1.29, 1.82) is 0 Å². The molecule has 1 saturated heterocycles. The van der Waals surface area contributed by atoms with Gasteiger partial charge in [-0.15, -0.1) is 0 Å². The molecule has 2 unspecified atom stereocenters. The van der Waals surface area contributed by atoms with Gasteiger partial charge in [-0.05, 0) is 0 Å². The number of hydrogen-bond donors (Lipinski definition) is 2. The van der Waals surface area contributed by atoms with E-state index >= 15 is 0 Å². The van der Waals surface area contributed by atoms with E-state index in [-0.39, 0.29) is 5.56 Å². The van der Waals surface area contributed by atoms with Crippen LogP contribution in [0.1, 0.15) is 5.69 Å². The molecule has 0 bridgehead atoms. The van der Waals surface area contributed by atoms with E-state index in [1.54, 1.807) is 5.51 Å². The molecule has 0 radical (unpaired) electrons. The van der Waals surface area contributed by atoms with Crippen LogP contribution in [0.2, 0.25) is 0 Å². The van der Waals surface area contributed by atoms with Crippen molar-refractivity contribution in [3.8, 4) is 0 Å². The maximum atomic E-state index is 11.7. The van der Waals surface area contributed by atoms with Crippen LogP contribution in [0.4, 0.5) is 0 Å². The zero-order chi connectivity index (χ0) is 12.7. The molecule has 0 amide bonds. The molecule has 7 nitrogen and oxygen atoms in total. The van der Waals surface area contributed by atoms with Crippen LogP contribution in [0.5, 0.6) is 0 Å². The minimum Gasteiger partial charge on any atom is -0.389 e. The van der Waals surface area contributed by atoms with Gasteiger partial charge in [0.25, 0.3) is 5.56 Å². The van der Waals surface area contributed by atoms with E-state index in [0.717, 1.165) is 0 Å². The number of aromatic nitrogens is 3. The lowest BCUT2D eigenvalue weighted by atomic mass is 10.3. The van der Waals surface area contributed by atoms with Gasteiger partial charge in [0.15, 0.2) is 0 Å². The molecule has 18 heavy (non-hydrogen) atoms. The van der Waals surface area contributed by atoms with Gasteiger partial charge in [-0.25, -0.2) is 4.98 Å². The summed E-state index contributed by atoms with van der Waals surface area (Å²) in [5.74, 6) is 0. The lowest BCUT2D eigenvalue weighted by Crippen LogP contribution is -2.24. The van der Waals surface area contributed by atoms with Crippen LogP contribution in [0.3, 0.4) is 0 Å². The molecule has 8 heteroatoms. The predicted molar refractivity (Wildman–Crippen MR) is 64.4 cm³/mol. The molecular formula is C10H12N4O3S. The Labute approximate surface area is 106 Å². The molecule has 0 saturated carbocycles. The molecule has 1 fully saturated rings. The predicted octanol–water partition coefficient (Wildman–Crippen LogP) is -1.31. The summed E-state index contributed by atoms with van der Waals surface area (Å²) in [4.78, 5) is 18.5. The molecule has 2 atom stereocenters. The Morgan fingerprint density at radius 3 is 2.83 bits per heavy atom. The van der Waals surface area contributed by atoms with Crippen molar-refractivity contribution in [3.63, 3.8) is 0 Å². The van der Waals surface area contributed by atoms with Crippen LogP contribution in [-0.4, -0.2) is 55.0 Å². The standard InChI is InChI=1S/C10H12N4O3S/c15-7-3-13(4-8(7)16)2-6-1-9(17)14-10(12-6)18-5-11-14/h1,5,7-8,15-16H,2-4H2. The molecule has 96 valence electrons. The van der Waals surface area contributed by atoms with Crippen molar-refractivity contribution in [3.05, 3.63) is 27.6 Å². The summed E-state index contributed by atoms with van der Waals surface area (Å²) in [5, 5.41) is 22.8. The summed E-state index contributed by atoms with van der Waals surface area (Å²) >= 11 is 1.30. The molecule has 0 spiro atoms. The van der Waals surface area contributed by atoms with Gasteiger partial charge in [-0.2, -0.15) is 9.61 Å². The van der Waals surface area contributed by atoms with Crippen molar-refractivity contribution in [2.24, 2.45) is 0 Å². The lowest BCUT2D eigenvalue weighted by molar-refractivity contribution is 0.0572. The smallest absolute Gasteiger partial charge is 0.275 e. The maximum absolute atomic E-state index is 11.7. The number of β-amino-alcohol motifs (C(OH)–C–C–N with tert-alkyl or cyclic N) is 2. The Kier molecular flexibility index (Phi) is 2.86. The highest BCUT2D eigenvalue weighted by molar-refractivity contribution is 7.14. The number of nitrogens with zero attached hydrogens (tertiary/aromatic N) is 4. The van der Waals surface area contributed by atoms with Crippen LogP contribution in [0.25, 0.3) is 4.96 Å². The van der Waals surface area contributed by atoms with Gasteiger partial charge in [-0.1, -0.05) is 11.3 Å². The second kappa shape index (κ2) is 4.39. The van der Waals surface area contributed by atoms with Crippen molar-refractivity contribution >= 4 is 16.3 Å². The third-order valence-electron chi connectivity index (χ3n) is 2.96. The van der Waals surface area contributed by atoms with Crippen LogP contribution < -0.4 is 5.56 Å². The normalized spacial score (nSPS) is 25.0. The number of aliphatic hydroxyl groups is 2. The van der Waals surface area contributed by atoms with Gasteiger partial charge in [0.2, 0.25) is 4.96 Å². The van der Waals surface area contributed by atoms with Gasteiger partial charge in [0.1, 0.15) is 5.51 Å². The fourth-order valence-corrected chi connectivity index (χ4v) is 2.73. The molecule has 3 heterocycles. The molecule has 2 aromatic heterocycles. The molecule has 2 N–H and O–H groups in total. The minimum atomic E-state index is -0.724. The molecule has 3 rings (SSSR count). The van der Waals surface area contributed by atoms with E-state index in [2.05, 4.69) is 10.1 Å². The highest BCUT2D eigenvalue weighted by Gasteiger charge is 2.29. The molecule has 1 aliphatic rings. The third kappa shape index (κ3) is 2.03. The summed E-state index contributed by atoms with van der Waals surface area (Å²) in [6, 6.07) is 1.43. The molecule has 0 aliphatic carbocycles. The number of rotatable bonds is 2. The Balaban J connectivity index is 1.85. The van der Waals surface area contributed by atoms with Gasteiger partial charge >= 0.3 is 0 Å². The van der Waals surface area contributed by atoms with E-state index < -0.39 is 12.2 Å². The number of hydrogen-bond acceptors (Lipinski definition) is 7. The minimum absolute atomic E-state index is 0.212. The summed E-state index contributed by atoms with van der Waals surface area (Å²) in [6.45, 7) is 1.23. The number of fused-ring (bicyclic) bond motifs is 1. The summed E-state index contributed by atoms with van der Waals surface area (Å²) < 4.78 is 1.25. The zero-order valence-corrected chi connectivity index (χ0v) is 10.2. The Morgan fingerprint density at radius 1 is 1.39 bits per heavy atom. The fourth-order valence-electron chi connectivity index (χ4n) is 2.09. The highest BCUT2D eigenvalue weighted by atomic mass is 32.1. The first-order valence-corrected chi connectivity index (χ1v) is 6.42. The Morgan fingerprint density at radius 2 is 2.11 bits per heavy atom. The monoisotopic (exact) mass is 268 g/mol. The van der Waals surface area contributed by atoms with Gasteiger partial charge in [-0.3, -0.25) is 9.69 Å². The SMILES string of the molecule is O=c1cc(CN2CC(O)C(O)C2)nc2scnn12. The van der Waals surface area contributed by atoms with E-state index in [1.807, 2.05) is 4.90 Å². The topological polar surface area (TPSA) is 91.0 Å². The third-order valence-corrected chi connectivity index (χ3v) is 3.64. The van der Waals surface area contributed by atoms with Crippen LogP contribution in [0, 0.1) is 0 Å². The first kappa shape index (κ1) is 11.7. The molecule has 0 aromatic carbocycles. The summed E-state index contributed by atoms with van der Waals surface area (Å²) in [7, 11) is 0. The molecule has 2 aromatic rings. The molecular weight excluding hydrogens is 256 g/mol. The largest absolute Gasteiger partial charge is 0.389 e. The summed E-state index contributed by atoms with van der Waals surface area (Å²) in [6.07, 6.45) is -1.45. The van der Waals surface area contributed by atoms with E-state index in [9.17, 15) is 15.0 Å². The Hall–Kier alpha value is -1.35. The van der Waals surface area contributed by atoms with Crippen LogP contribution >= 0.6 is 11.3 Å². The second-order valence-electron chi connectivity index (χ2n) is 4.35. The van der Waals surface area contributed by atoms with Gasteiger partial charge in [0, 0.05) is 25.7 Å². The Bertz CT molecular complexity index is 615. The average molecular weight is 268 g/mol.